The van der Waals surface area contributed by atoms with Crippen LogP contribution in [0.4, 0.5) is 0 Å². The van der Waals surface area contributed by atoms with Gasteiger partial charge in [0.05, 0.1) is 13.7 Å². The van der Waals surface area contributed by atoms with E-state index >= 15 is 0 Å². The fourth-order valence-electron chi connectivity index (χ4n) is 2.93. The van der Waals surface area contributed by atoms with Crippen LogP contribution in [-0.2, 0) is 13.2 Å². The van der Waals surface area contributed by atoms with E-state index in [0.717, 1.165) is 30.9 Å². The fourth-order valence-corrected chi connectivity index (χ4v) is 2.93. The van der Waals surface area contributed by atoms with Crippen LogP contribution in [0.3, 0.4) is 0 Å². The lowest BCUT2D eigenvalue weighted by Gasteiger charge is -2.24. The SMILES string of the molecule is COc1ccc(CO)cc1CN1CCCC(C)(C)CC1. The lowest BCUT2D eigenvalue weighted by molar-refractivity contribution is 0.251. The highest BCUT2D eigenvalue weighted by Crippen LogP contribution is 2.31. The molecule has 1 fully saturated rings. The number of rotatable bonds is 4. The van der Waals surface area contributed by atoms with E-state index in [1.54, 1.807) is 7.11 Å². The van der Waals surface area contributed by atoms with Crippen molar-refractivity contribution in [2.45, 2.75) is 46.3 Å². The molecule has 20 heavy (non-hydrogen) atoms. The third kappa shape index (κ3) is 3.97. The zero-order valence-corrected chi connectivity index (χ0v) is 13.0. The van der Waals surface area contributed by atoms with Crippen LogP contribution in [-0.4, -0.2) is 30.2 Å². The first-order chi connectivity index (χ1) is 9.54. The zero-order chi connectivity index (χ0) is 14.6. The normalized spacial score (nSPS) is 19.6. The molecule has 0 aromatic heterocycles. The second-order valence-electron chi connectivity index (χ2n) is 6.60. The summed E-state index contributed by atoms with van der Waals surface area (Å²) < 4.78 is 5.45. The molecule has 1 aliphatic rings. The van der Waals surface area contributed by atoms with Crippen molar-refractivity contribution >= 4 is 0 Å². The smallest absolute Gasteiger partial charge is 0.123 e. The highest BCUT2D eigenvalue weighted by atomic mass is 16.5. The van der Waals surface area contributed by atoms with Gasteiger partial charge in [-0.15, -0.1) is 0 Å². The number of aliphatic hydroxyl groups is 1. The van der Waals surface area contributed by atoms with Crippen molar-refractivity contribution in [1.82, 2.24) is 4.90 Å². The molecule has 2 rings (SSSR count). The van der Waals surface area contributed by atoms with Crippen molar-refractivity contribution in [3.8, 4) is 5.75 Å². The van der Waals surface area contributed by atoms with E-state index in [4.69, 9.17) is 4.74 Å². The number of methoxy groups -OCH3 is 1. The molecule has 1 aliphatic heterocycles. The van der Waals surface area contributed by atoms with Crippen LogP contribution in [0.5, 0.6) is 5.75 Å². The maximum absolute atomic E-state index is 9.29. The minimum absolute atomic E-state index is 0.0873. The summed E-state index contributed by atoms with van der Waals surface area (Å²) in [6, 6.07) is 5.95. The van der Waals surface area contributed by atoms with Crippen LogP contribution in [0.1, 0.15) is 44.2 Å². The molecular weight excluding hydrogens is 250 g/mol. The van der Waals surface area contributed by atoms with Crippen molar-refractivity contribution in [3.05, 3.63) is 29.3 Å². The number of benzene rings is 1. The molecule has 1 aromatic carbocycles. The summed E-state index contributed by atoms with van der Waals surface area (Å²) in [5.41, 5.74) is 2.60. The highest BCUT2D eigenvalue weighted by molar-refractivity contribution is 5.37. The average Bonchev–Trinajstić information content (AvgIpc) is 2.60. The van der Waals surface area contributed by atoms with Gasteiger partial charge in [0, 0.05) is 12.1 Å². The van der Waals surface area contributed by atoms with Crippen LogP contribution in [0, 0.1) is 5.41 Å². The standard InChI is InChI=1S/C17H27NO2/c1-17(2)7-4-9-18(10-8-17)12-15-11-14(13-19)5-6-16(15)20-3/h5-6,11,19H,4,7-10,12-13H2,1-3H3. The van der Waals surface area contributed by atoms with Crippen LogP contribution in [0.2, 0.25) is 0 Å². The Labute approximate surface area is 122 Å². The molecule has 0 spiro atoms. The predicted octanol–water partition coefficient (Wildman–Crippen LogP) is 3.20. The molecule has 0 saturated carbocycles. The quantitative estimate of drug-likeness (QED) is 0.917. The summed E-state index contributed by atoms with van der Waals surface area (Å²) in [5.74, 6) is 0.922. The van der Waals surface area contributed by atoms with Crippen LogP contribution in [0.25, 0.3) is 0 Å². The van der Waals surface area contributed by atoms with Gasteiger partial charge in [0.25, 0.3) is 0 Å². The van der Waals surface area contributed by atoms with Crippen LogP contribution in [0.15, 0.2) is 18.2 Å². The maximum Gasteiger partial charge on any atom is 0.123 e. The van der Waals surface area contributed by atoms with Crippen molar-refractivity contribution in [2.24, 2.45) is 5.41 Å². The molecule has 0 amide bonds. The molecule has 1 N–H and O–H groups in total. The first kappa shape index (κ1) is 15.3. The van der Waals surface area contributed by atoms with Crippen molar-refractivity contribution < 1.29 is 9.84 Å². The average molecular weight is 277 g/mol. The third-order valence-electron chi connectivity index (χ3n) is 4.35. The lowest BCUT2D eigenvalue weighted by Crippen LogP contribution is -2.25. The van der Waals surface area contributed by atoms with Gasteiger partial charge in [-0.3, -0.25) is 4.90 Å². The van der Waals surface area contributed by atoms with E-state index in [-0.39, 0.29) is 6.61 Å². The van der Waals surface area contributed by atoms with Gasteiger partial charge >= 0.3 is 0 Å². The second-order valence-corrected chi connectivity index (χ2v) is 6.60. The second kappa shape index (κ2) is 6.59. The first-order valence-electron chi connectivity index (χ1n) is 7.53. The van der Waals surface area contributed by atoms with Crippen molar-refractivity contribution in [1.29, 1.82) is 0 Å². The number of likely N-dealkylation sites (tertiary alicyclic amines) is 1. The Balaban J connectivity index is 2.08. The minimum Gasteiger partial charge on any atom is -0.496 e. The van der Waals surface area contributed by atoms with Crippen molar-refractivity contribution in [2.75, 3.05) is 20.2 Å². The largest absolute Gasteiger partial charge is 0.496 e. The summed E-state index contributed by atoms with van der Waals surface area (Å²) in [7, 11) is 1.71. The topological polar surface area (TPSA) is 32.7 Å². The van der Waals surface area contributed by atoms with Gasteiger partial charge in [-0.1, -0.05) is 19.9 Å². The monoisotopic (exact) mass is 277 g/mol. The van der Waals surface area contributed by atoms with Gasteiger partial charge in [-0.25, -0.2) is 0 Å². The molecule has 0 bridgehead atoms. The number of hydrogen-bond donors (Lipinski definition) is 1. The first-order valence-corrected chi connectivity index (χ1v) is 7.53. The highest BCUT2D eigenvalue weighted by Gasteiger charge is 2.23. The minimum atomic E-state index is 0.0873. The number of aliphatic hydroxyl groups excluding tert-OH is 1. The Morgan fingerprint density at radius 3 is 2.75 bits per heavy atom. The fraction of sp³-hybridized carbons (Fsp3) is 0.647. The van der Waals surface area contributed by atoms with Crippen LogP contribution >= 0.6 is 0 Å². The summed E-state index contributed by atoms with van der Waals surface area (Å²) in [6.45, 7) is 8.01. The van der Waals surface area contributed by atoms with E-state index in [1.165, 1.54) is 24.8 Å². The van der Waals surface area contributed by atoms with Gasteiger partial charge < -0.3 is 9.84 Å². The van der Waals surface area contributed by atoms with Crippen LogP contribution < -0.4 is 4.74 Å². The molecule has 0 radical (unpaired) electrons. The van der Waals surface area contributed by atoms with E-state index < -0.39 is 0 Å². The Morgan fingerprint density at radius 2 is 2.05 bits per heavy atom. The molecule has 0 aliphatic carbocycles. The Morgan fingerprint density at radius 1 is 1.25 bits per heavy atom. The van der Waals surface area contributed by atoms with Gasteiger partial charge in [0.1, 0.15) is 5.75 Å². The number of hydrogen-bond acceptors (Lipinski definition) is 3. The molecular formula is C17H27NO2. The van der Waals surface area contributed by atoms with Gasteiger partial charge in [0.15, 0.2) is 0 Å². The molecule has 3 nitrogen and oxygen atoms in total. The zero-order valence-electron chi connectivity index (χ0n) is 13.0. The Bertz CT molecular complexity index is 443. The molecule has 1 heterocycles. The molecule has 0 atom stereocenters. The number of ether oxygens (including phenoxy) is 1. The van der Waals surface area contributed by atoms with E-state index in [0.29, 0.717) is 5.41 Å². The number of nitrogens with zero attached hydrogens (tertiary/aromatic N) is 1. The van der Waals surface area contributed by atoms with Gasteiger partial charge in [-0.05, 0) is 55.5 Å². The van der Waals surface area contributed by atoms with Gasteiger partial charge in [0.2, 0.25) is 0 Å². The summed E-state index contributed by atoms with van der Waals surface area (Å²) in [6.07, 6.45) is 3.81. The summed E-state index contributed by atoms with van der Waals surface area (Å²) in [4.78, 5) is 2.51. The maximum atomic E-state index is 9.29. The Kier molecular flexibility index (Phi) is 5.06. The Hall–Kier alpha value is -1.06. The van der Waals surface area contributed by atoms with E-state index in [2.05, 4.69) is 24.8 Å². The molecule has 1 aromatic rings. The molecule has 112 valence electrons. The predicted molar refractivity (Wildman–Crippen MR) is 81.8 cm³/mol. The van der Waals surface area contributed by atoms with Crippen molar-refractivity contribution in [3.63, 3.8) is 0 Å². The summed E-state index contributed by atoms with van der Waals surface area (Å²) in [5, 5.41) is 9.29. The third-order valence-corrected chi connectivity index (χ3v) is 4.35. The summed E-state index contributed by atoms with van der Waals surface area (Å²) >= 11 is 0. The van der Waals surface area contributed by atoms with Gasteiger partial charge in [-0.2, -0.15) is 0 Å². The van der Waals surface area contributed by atoms with E-state index in [9.17, 15) is 5.11 Å². The molecule has 0 unspecified atom stereocenters. The molecule has 1 saturated heterocycles. The lowest BCUT2D eigenvalue weighted by atomic mass is 9.85. The van der Waals surface area contributed by atoms with E-state index in [1.807, 2.05) is 12.1 Å². The molecule has 3 heteroatoms.